The van der Waals surface area contributed by atoms with Gasteiger partial charge in [0, 0.05) is 12.7 Å². The zero-order chi connectivity index (χ0) is 13.7. The molecule has 2 rings (SSSR count). The van der Waals surface area contributed by atoms with E-state index in [9.17, 15) is 8.42 Å². The van der Waals surface area contributed by atoms with Gasteiger partial charge in [-0.3, -0.25) is 4.98 Å². The number of hydrogen-bond donors (Lipinski definition) is 2. The molecule has 1 aromatic heterocycles. The van der Waals surface area contributed by atoms with E-state index in [1.165, 1.54) is 0 Å². The van der Waals surface area contributed by atoms with Gasteiger partial charge in [0.15, 0.2) is 0 Å². The molecule has 0 spiro atoms. The molecule has 0 saturated carbocycles. The van der Waals surface area contributed by atoms with Crippen LogP contribution in [0, 0.1) is 5.92 Å². The van der Waals surface area contributed by atoms with Crippen molar-refractivity contribution in [3.63, 3.8) is 0 Å². The molecule has 19 heavy (non-hydrogen) atoms. The van der Waals surface area contributed by atoms with E-state index in [0.717, 1.165) is 25.9 Å². The van der Waals surface area contributed by atoms with E-state index in [0.29, 0.717) is 18.2 Å². The maximum atomic E-state index is 12.2. The molecule has 1 aromatic rings. The summed E-state index contributed by atoms with van der Waals surface area (Å²) in [6.07, 6.45) is 3.81. The Bertz CT molecular complexity index is 484. The lowest BCUT2D eigenvalue weighted by Crippen LogP contribution is -2.39. The first-order valence-electron chi connectivity index (χ1n) is 6.70. The molecule has 0 aliphatic carbocycles. The predicted octanol–water partition coefficient (Wildman–Crippen LogP) is 1.06. The second-order valence-electron chi connectivity index (χ2n) is 5.00. The summed E-state index contributed by atoms with van der Waals surface area (Å²) in [5, 5.41) is 2.66. The summed E-state index contributed by atoms with van der Waals surface area (Å²) in [5.41, 5.74) is 0.580. The van der Waals surface area contributed by atoms with Gasteiger partial charge in [-0.2, -0.15) is 0 Å². The van der Waals surface area contributed by atoms with E-state index in [2.05, 4.69) is 15.0 Å². The summed E-state index contributed by atoms with van der Waals surface area (Å²) in [6.45, 7) is 4.10. The first-order valence-corrected chi connectivity index (χ1v) is 8.24. The average molecular weight is 283 g/mol. The van der Waals surface area contributed by atoms with Gasteiger partial charge in [0.1, 0.15) is 5.25 Å². The maximum absolute atomic E-state index is 12.2. The molecule has 0 unspecified atom stereocenters. The first kappa shape index (κ1) is 14.4. The van der Waals surface area contributed by atoms with Crippen molar-refractivity contribution in [1.29, 1.82) is 0 Å². The minimum Gasteiger partial charge on any atom is -0.316 e. The topological polar surface area (TPSA) is 71.1 Å². The molecule has 106 valence electrons. The molecule has 1 fully saturated rings. The SMILES string of the molecule is C[C@H](c1ccccn1)S(=O)(=O)NC[C@H]1CCCNC1. The van der Waals surface area contributed by atoms with Crippen LogP contribution in [0.2, 0.25) is 0 Å². The first-order chi connectivity index (χ1) is 9.09. The Hall–Kier alpha value is -0.980. The van der Waals surface area contributed by atoms with E-state index in [1.807, 2.05) is 0 Å². The molecular formula is C13H21N3O2S. The van der Waals surface area contributed by atoms with Gasteiger partial charge in [-0.05, 0) is 50.9 Å². The minimum absolute atomic E-state index is 0.388. The summed E-state index contributed by atoms with van der Waals surface area (Å²) in [6, 6.07) is 5.33. The Kier molecular flexibility index (Phi) is 4.90. The second-order valence-corrected chi connectivity index (χ2v) is 7.09. The van der Waals surface area contributed by atoms with Crippen LogP contribution in [0.25, 0.3) is 0 Å². The van der Waals surface area contributed by atoms with E-state index in [4.69, 9.17) is 0 Å². The molecule has 0 bridgehead atoms. The zero-order valence-electron chi connectivity index (χ0n) is 11.2. The van der Waals surface area contributed by atoms with Gasteiger partial charge in [0.05, 0.1) is 5.69 Å². The molecule has 1 saturated heterocycles. The van der Waals surface area contributed by atoms with Gasteiger partial charge in [0.2, 0.25) is 10.0 Å². The molecule has 2 heterocycles. The van der Waals surface area contributed by atoms with Gasteiger partial charge in [-0.25, -0.2) is 13.1 Å². The lowest BCUT2D eigenvalue weighted by atomic mass is 10.0. The van der Waals surface area contributed by atoms with E-state index in [1.54, 1.807) is 31.3 Å². The third-order valence-corrected chi connectivity index (χ3v) is 5.28. The van der Waals surface area contributed by atoms with Crippen LogP contribution in [-0.4, -0.2) is 33.0 Å². The van der Waals surface area contributed by atoms with Crippen LogP contribution in [0.1, 0.15) is 30.7 Å². The van der Waals surface area contributed by atoms with Crippen LogP contribution in [-0.2, 0) is 10.0 Å². The monoisotopic (exact) mass is 283 g/mol. The van der Waals surface area contributed by atoms with Crippen LogP contribution < -0.4 is 10.0 Å². The van der Waals surface area contributed by atoms with Crippen molar-refractivity contribution < 1.29 is 8.42 Å². The Morgan fingerprint density at radius 1 is 1.53 bits per heavy atom. The maximum Gasteiger partial charge on any atom is 0.219 e. The van der Waals surface area contributed by atoms with Crippen molar-refractivity contribution in [3.05, 3.63) is 30.1 Å². The molecule has 0 aromatic carbocycles. The van der Waals surface area contributed by atoms with Crippen molar-refractivity contribution in [2.75, 3.05) is 19.6 Å². The van der Waals surface area contributed by atoms with Gasteiger partial charge >= 0.3 is 0 Å². The van der Waals surface area contributed by atoms with Gasteiger partial charge < -0.3 is 5.32 Å². The minimum atomic E-state index is -3.35. The molecule has 2 atom stereocenters. The van der Waals surface area contributed by atoms with E-state index in [-0.39, 0.29) is 0 Å². The molecular weight excluding hydrogens is 262 g/mol. The highest BCUT2D eigenvalue weighted by Crippen LogP contribution is 2.18. The van der Waals surface area contributed by atoms with Crippen LogP contribution >= 0.6 is 0 Å². The normalized spacial score (nSPS) is 22.1. The molecule has 0 amide bonds. The smallest absolute Gasteiger partial charge is 0.219 e. The molecule has 1 aliphatic heterocycles. The average Bonchev–Trinajstić information content (AvgIpc) is 2.46. The summed E-state index contributed by atoms with van der Waals surface area (Å²) in [7, 11) is -3.35. The number of nitrogens with one attached hydrogen (secondary N) is 2. The molecule has 0 radical (unpaired) electrons. The molecule has 5 nitrogen and oxygen atoms in total. The summed E-state index contributed by atoms with van der Waals surface area (Å²) in [4.78, 5) is 4.11. The predicted molar refractivity (Wildman–Crippen MR) is 75.2 cm³/mol. The third kappa shape index (κ3) is 3.99. The molecule has 1 aliphatic rings. The number of sulfonamides is 1. The highest BCUT2D eigenvalue weighted by Gasteiger charge is 2.24. The molecule has 2 N–H and O–H groups in total. The Morgan fingerprint density at radius 2 is 2.37 bits per heavy atom. The van der Waals surface area contributed by atoms with Crippen molar-refractivity contribution >= 4 is 10.0 Å². The highest BCUT2D eigenvalue weighted by molar-refractivity contribution is 7.89. The zero-order valence-corrected chi connectivity index (χ0v) is 12.0. The third-order valence-electron chi connectivity index (χ3n) is 3.54. The van der Waals surface area contributed by atoms with Crippen LogP contribution in [0.15, 0.2) is 24.4 Å². The van der Waals surface area contributed by atoms with Gasteiger partial charge in [-0.15, -0.1) is 0 Å². The summed E-state index contributed by atoms with van der Waals surface area (Å²) >= 11 is 0. The Morgan fingerprint density at radius 3 is 3.00 bits per heavy atom. The highest BCUT2D eigenvalue weighted by atomic mass is 32.2. The number of piperidine rings is 1. The van der Waals surface area contributed by atoms with Crippen molar-refractivity contribution in [2.24, 2.45) is 5.92 Å². The number of nitrogens with zero attached hydrogens (tertiary/aromatic N) is 1. The number of aromatic nitrogens is 1. The Balaban J connectivity index is 1.94. The number of hydrogen-bond acceptors (Lipinski definition) is 4. The lowest BCUT2D eigenvalue weighted by molar-refractivity contribution is 0.375. The van der Waals surface area contributed by atoms with Crippen LogP contribution in [0.3, 0.4) is 0 Å². The van der Waals surface area contributed by atoms with Gasteiger partial charge in [0.25, 0.3) is 0 Å². The van der Waals surface area contributed by atoms with E-state index < -0.39 is 15.3 Å². The van der Waals surface area contributed by atoms with Gasteiger partial charge in [-0.1, -0.05) is 6.07 Å². The lowest BCUT2D eigenvalue weighted by Gasteiger charge is -2.23. The van der Waals surface area contributed by atoms with Crippen LogP contribution in [0.4, 0.5) is 0 Å². The van der Waals surface area contributed by atoms with E-state index >= 15 is 0 Å². The quantitative estimate of drug-likeness (QED) is 0.848. The fourth-order valence-corrected chi connectivity index (χ4v) is 3.41. The number of rotatable bonds is 5. The van der Waals surface area contributed by atoms with Crippen molar-refractivity contribution in [1.82, 2.24) is 15.0 Å². The van der Waals surface area contributed by atoms with Crippen molar-refractivity contribution in [3.8, 4) is 0 Å². The van der Waals surface area contributed by atoms with Crippen LogP contribution in [0.5, 0.6) is 0 Å². The van der Waals surface area contributed by atoms with Crippen molar-refractivity contribution in [2.45, 2.75) is 25.0 Å². The largest absolute Gasteiger partial charge is 0.316 e. The fraction of sp³-hybridized carbons (Fsp3) is 0.615. The fourth-order valence-electron chi connectivity index (χ4n) is 2.23. The summed E-state index contributed by atoms with van der Waals surface area (Å²) in [5.74, 6) is 0.388. The number of pyridine rings is 1. The summed E-state index contributed by atoms with van der Waals surface area (Å²) < 4.78 is 27.1. The Labute approximate surface area is 114 Å². The molecule has 6 heteroatoms. The second kappa shape index (κ2) is 6.45. The standard InChI is InChI=1S/C13H21N3O2S/c1-11(13-6-2-3-8-15-13)19(17,18)16-10-12-5-4-7-14-9-12/h2-3,6,8,11-12,14,16H,4-5,7,9-10H2,1H3/t11-,12+/m1/s1.